The second-order valence-corrected chi connectivity index (χ2v) is 0.659. The maximum Gasteiger partial charge on any atom is 0.155 e. The van der Waals surface area contributed by atoms with E-state index < -0.39 is 0 Å². The highest BCUT2D eigenvalue weighted by molar-refractivity contribution is 4.62. The Morgan fingerprint density at radius 3 is 2.83 bits per heavy atom. The highest BCUT2D eigenvalue weighted by atomic mass is 16.7. The summed E-state index contributed by atoms with van der Waals surface area (Å²) in [5.41, 5.74) is 0. The summed E-state index contributed by atoms with van der Waals surface area (Å²) in [4.78, 5) is 13.0. The normalized spacial score (nSPS) is 6.67. The SMILES string of the molecule is C=CCON=O. The molecule has 0 aromatic heterocycles. The minimum absolute atomic E-state index is 0.198. The molecule has 0 radical (unpaired) electrons. The lowest BCUT2D eigenvalue weighted by atomic mass is 10.7. The van der Waals surface area contributed by atoms with Crippen LogP contribution in [0.1, 0.15) is 0 Å². The summed E-state index contributed by atoms with van der Waals surface area (Å²) in [6, 6.07) is 0. The van der Waals surface area contributed by atoms with E-state index in [2.05, 4.69) is 16.8 Å². The third kappa shape index (κ3) is 3.14. The van der Waals surface area contributed by atoms with Gasteiger partial charge in [-0.05, 0) is 0 Å². The van der Waals surface area contributed by atoms with Crippen LogP contribution < -0.4 is 0 Å². The van der Waals surface area contributed by atoms with Crippen molar-refractivity contribution in [2.75, 3.05) is 6.61 Å². The molecule has 0 heterocycles. The van der Waals surface area contributed by atoms with Crippen molar-refractivity contribution in [2.45, 2.75) is 0 Å². The van der Waals surface area contributed by atoms with Crippen molar-refractivity contribution >= 4 is 0 Å². The molecule has 0 aromatic rings. The van der Waals surface area contributed by atoms with Crippen molar-refractivity contribution in [3.63, 3.8) is 0 Å². The maximum absolute atomic E-state index is 9.04. The molecule has 0 saturated heterocycles. The lowest BCUT2D eigenvalue weighted by molar-refractivity contribution is 0.170. The zero-order valence-electron chi connectivity index (χ0n) is 3.26. The van der Waals surface area contributed by atoms with E-state index in [-0.39, 0.29) is 6.61 Å². The van der Waals surface area contributed by atoms with Crippen LogP contribution in [0.15, 0.2) is 18.0 Å². The lowest BCUT2D eigenvalue weighted by Crippen LogP contribution is -1.75. The molecule has 0 aliphatic heterocycles. The predicted molar refractivity (Wildman–Crippen MR) is 21.9 cm³/mol. The van der Waals surface area contributed by atoms with Gasteiger partial charge in [0, 0.05) is 0 Å². The summed E-state index contributed by atoms with van der Waals surface area (Å²) < 4.78 is 0. The summed E-state index contributed by atoms with van der Waals surface area (Å²) in [6.45, 7) is 3.47. The van der Waals surface area contributed by atoms with Crippen molar-refractivity contribution in [3.8, 4) is 0 Å². The molecule has 0 fully saturated rings. The van der Waals surface area contributed by atoms with E-state index in [4.69, 9.17) is 4.91 Å². The molecule has 3 heteroatoms. The van der Waals surface area contributed by atoms with Crippen LogP contribution in [0.5, 0.6) is 0 Å². The lowest BCUT2D eigenvalue weighted by Gasteiger charge is -1.78. The largest absolute Gasteiger partial charge is 0.360 e. The second-order valence-electron chi connectivity index (χ2n) is 0.659. The fraction of sp³-hybridized carbons (Fsp3) is 0.333. The number of hydrogen-bond acceptors (Lipinski definition) is 3. The first kappa shape index (κ1) is 5.14. The monoisotopic (exact) mass is 87.0 g/mol. The summed E-state index contributed by atoms with van der Waals surface area (Å²) in [6.07, 6.45) is 1.45. The first-order valence-electron chi connectivity index (χ1n) is 1.47. The fourth-order valence-electron chi connectivity index (χ4n) is 0.0831. The van der Waals surface area contributed by atoms with E-state index in [0.717, 1.165) is 0 Å². The molecule has 0 unspecified atom stereocenters. The Balaban J connectivity index is 2.66. The summed E-state index contributed by atoms with van der Waals surface area (Å²) in [5, 5.41) is 2.10. The van der Waals surface area contributed by atoms with Crippen molar-refractivity contribution in [1.29, 1.82) is 0 Å². The van der Waals surface area contributed by atoms with Crippen LogP contribution in [0.4, 0.5) is 0 Å². The summed E-state index contributed by atoms with van der Waals surface area (Å²) in [7, 11) is 0. The highest BCUT2D eigenvalue weighted by Gasteiger charge is 1.67. The van der Waals surface area contributed by atoms with Crippen LogP contribution in [0.25, 0.3) is 0 Å². The molecule has 0 spiro atoms. The molecule has 0 rings (SSSR count). The number of hydrogen-bond donors (Lipinski definition) is 0. The molecule has 0 N–H and O–H groups in total. The third-order valence-electron chi connectivity index (χ3n) is 0.245. The van der Waals surface area contributed by atoms with Crippen LogP contribution in [0.3, 0.4) is 0 Å². The van der Waals surface area contributed by atoms with Gasteiger partial charge < -0.3 is 4.84 Å². The zero-order valence-corrected chi connectivity index (χ0v) is 3.26. The van der Waals surface area contributed by atoms with E-state index in [1.165, 1.54) is 6.08 Å². The fourth-order valence-corrected chi connectivity index (χ4v) is 0.0831. The van der Waals surface area contributed by atoms with Crippen molar-refractivity contribution in [1.82, 2.24) is 0 Å². The third-order valence-corrected chi connectivity index (χ3v) is 0.245. The van der Waals surface area contributed by atoms with Gasteiger partial charge in [0.1, 0.15) is 6.61 Å². The molecule has 3 nitrogen and oxygen atoms in total. The first-order chi connectivity index (χ1) is 2.91. The Hall–Kier alpha value is -0.860. The molecule has 0 saturated carbocycles. The molecule has 34 valence electrons. The average molecular weight is 87.1 g/mol. The van der Waals surface area contributed by atoms with Gasteiger partial charge in [-0.2, -0.15) is 0 Å². The van der Waals surface area contributed by atoms with E-state index in [0.29, 0.717) is 0 Å². The Kier molecular flexibility index (Phi) is 3.55. The molecule has 0 amide bonds. The van der Waals surface area contributed by atoms with Gasteiger partial charge in [-0.25, -0.2) is 0 Å². The Labute approximate surface area is 35.5 Å². The topological polar surface area (TPSA) is 38.7 Å². The second kappa shape index (κ2) is 4.14. The van der Waals surface area contributed by atoms with E-state index in [1.54, 1.807) is 0 Å². The molecule has 0 atom stereocenters. The van der Waals surface area contributed by atoms with Crippen LogP contribution >= 0.6 is 0 Å². The predicted octanol–water partition coefficient (Wildman–Crippen LogP) is 0.870. The van der Waals surface area contributed by atoms with Gasteiger partial charge in [0.25, 0.3) is 0 Å². The Bertz CT molecular complexity index is 44.8. The molecule has 0 aromatic carbocycles. The molecular formula is C3H5NO2. The van der Waals surface area contributed by atoms with Gasteiger partial charge in [0.15, 0.2) is 5.34 Å². The van der Waals surface area contributed by atoms with Crippen LogP contribution in [0.2, 0.25) is 0 Å². The zero-order chi connectivity index (χ0) is 4.83. The van der Waals surface area contributed by atoms with Crippen molar-refractivity contribution < 1.29 is 4.84 Å². The van der Waals surface area contributed by atoms with Crippen LogP contribution in [-0.4, -0.2) is 6.61 Å². The van der Waals surface area contributed by atoms with Crippen molar-refractivity contribution in [3.05, 3.63) is 17.6 Å². The van der Waals surface area contributed by atoms with E-state index in [1.807, 2.05) is 0 Å². The molecule has 0 bridgehead atoms. The van der Waals surface area contributed by atoms with Gasteiger partial charge in [-0.1, -0.05) is 12.7 Å². The Morgan fingerprint density at radius 1 is 2.00 bits per heavy atom. The standard InChI is InChI=1S/C3H5NO2/c1-2-3-6-4-5/h2H,1,3H2. The summed E-state index contributed by atoms with van der Waals surface area (Å²) >= 11 is 0. The Morgan fingerprint density at radius 2 is 2.67 bits per heavy atom. The minimum atomic E-state index is 0.198. The van der Waals surface area contributed by atoms with Gasteiger partial charge in [0.2, 0.25) is 0 Å². The quantitative estimate of drug-likeness (QED) is 0.222. The molecule has 6 heavy (non-hydrogen) atoms. The average Bonchev–Trinajstić information content (AvgIpc) is 1.61. The van der Waals surface area contributed by atoms with Gasteiger partial charge in [-0.3, -0.25) is 0 Å². The molecule has 0 aliphatic carbocycles. The van der Waals surface area contributed by atoms with Gasteiger partial charge >= 0.3 is 0 Å². The van der Waals surface area contributed by atoms with Gasteiger partial charge in [-0.15, -0.1) is 4.91 Å². The smallest absolute Gasteiger partial charge is 0.155 e. The first-order valence-corrected chi connectivity index (χ1v) is 1.47. The molecule has 0 aliphatic rings. The highest BCUT2D eigenvalue weighted by Crippen LogP contribution is 1.70. The van der Waals surface area contributed by atoms with Gasteiger partial charge in [0.05, 0.1) is 0 Å². The van der Waals surface area contributed by atoms with Crippen molar-refractivity contribution in [2.24, 2.45) is 5.34 Å². The van der Waals surface area contributed by atoms with E-state index in [9.17, 15) is 0 Å². The van der Waals surface area contributed by atoms with E-state index >= 15 is 0 Å². The summed E-state index contributed by atoms with van der Waals surface area (Å²) in [5.74, 6) is 0. The number of nitrogens with zero attached hydrogens (tertiary/aromatic N) is 1. The van der Waals surface area contributed by atoms with Crippen LogP contribution in [0, 0.1) is 4.91 Å². The molecular weight excluding hydrogens is 82.0 g/mol. The van der Waals surface area contributed by atoms with Crippen LogP contribution in [-0.2, 0) is 4.84 Å². The minimum Gasteiger partial charge on any atom is -0.360 e. The maximum atomic E-state index is 9.04. The number of rotatable bonds is 3.